The number of carbonyl (C=O) groups excluding carboxylic acids is 2. The summed E-state index contributed by atoms with van der Waals surface area (Å²) in [6.07, 6.45) is -0.179. The van der Waals surface area contributed by atoms with Crippen molar-refractivity contribution in [1.82, 2.24) is 9.88 Å². The van der Waals surface area contributed by atoms with Gasteiger partial charge < -0.3 is 14.7 Å². The molecule has 2 heterocycles. The van der Waals surface area contributed by atoms with E-state index in [-0.39, 0.29) is 36.7 Å². The summed E-state index contributed by atoms with van der Waals surface area (Å²) >= 11 is 1.06. The summed E-state index contributed by atoms with van der Waals surface area (Å²) in [7, 11) is 0. The van der Waals surface area contributed by atoms with Gasteiger partial charge in [0.05, 0.1) is 5.69 Å². The predicted molar refractivity (Wildman–Crippen MR) is 132 cm³/mol. The van der Waals surface area contributed by atoms with E-state index in [1.165, 1.54) is 4.90 Å². The van der Waals surface area contributed by atoms with Crippen LogP contribution in [0, 0.1) is 12.3 Å². The Morgan fingerprint density at radius 1 is 1.11 bits per heavy atom. The summed E-state index contributed by atoms with van der Waals surface area (Å²) in [5.74, 6) is -1.21. The molecule has 0 bridgehead atoms. The first-order chi connectivity index (χ1) is 16.8. The van der Waals surface area contributed by atoms with Gasteiger partial charge in [0.25, 0.3) is 5.91 Å². The van der Waals surface area contributed by atoms with E-state index < -0.39 is 17.5 Å². The summed E-state index contributed by atoms with van der Waals surface area (Å²) < 4.78 is 5.56. The number of anilines is 1. The van der Waals surface area contributed by atoms with Crippen LogP contribution in [0.4, 0.5) is 9.93 Å². The third-order valence-electron chi connectivity index (χ3n) is 6.95. The Balaban J connectivity index is 1.22. The van der Waals surface area contributed by atoms with Crippen LogP contribution in [0.15, 0.2) is 48.5 Å². The fourth-order valence-corrected chi connectivity index (χ4v) is 5.77. The minimum absolute atomic E-state index is 0.0530. The first-order valence-electron chi connectivity index (χ1n) is 11.4. The quantitative estimate of drug-likeness (QED) is 0.515. The monoisotopic (exact) mass is 491 g/mol. The zero-order valence-electron chi connectivity index (χ0n) is 19.4. The maximum Gasteiger partial charge on any atom is 0.413 e. The molecule has 0 atom stereocenters. The van der Waals surface area contributed by atoms with Crippen molar-refractivity contribution in [2.45, 2.75) is 26.2 Å². The third kappa shape index (κ3) is 3.95. The van der Waals surface area contributed by atoms with Crippen LogP contribution < -0.4 is 5.32 Å². The molecule has 1 aliphatic heterocycles. The SMILES string of the molecule is CCC1(C(=O)O)CN(C(=O)c2sc(NC(=O)OCC3c4ccccc4-c4ccccc43)nc2C)C1. The lowest BCUT2D eigenvalue weighted by Gasteiger charge is -2.46. The van der Waals surface area contributed by atoms with E-state index in [0.717, 1.165) is 33.6 Å². The van der Waals surface area contributed by atoms with Crippen LogP contribution in [0.3, 0.4) is 0 Å². The molecule has 0 unspecified atom stereocenters. The lowest BCUT2D eigenvalue weighted by Crippen LogP contribution is -2.61. The molecule has 3 aromatic rings. The summed E-state index contributed by atoms with van der Waals surface area (Å²) in [5, 5.41) is 12.3. The number of amides is 2. The fourth-order valence-electron chi connectivity index (χ4n) is 4.85. The molecule has 2 aliphatic rings. The Bertz CT molecular complexity index is 1280. The zero-order valence-corrected chi connectivity index (χ0v) is 20.2. The van der Waals surface area contributed by atoms with Crippen LogP contribution in [0.5, 0.6) is 0 Å². The van der Waals surface area contributed by atoms with Gasteiger partial charge in [0, 0.05) is 19.0 Å². The molecular weight excluding hydrogens is 466 g/mol. The van der Waals surface area contributed by atoms with Gasteiger partial charge in [0.1, 0.15) is 16.9 Å². The second-order valence-corrected chi connectivity index (χ2v) is 9.98. The van der Waals surface area contributed by atoms with Gasteiger partial charge in [0.2, 0.25) is 0 Å². The largest absolute Gasteiger partial charge is 0.481 e. The number of carboxylic acid groups (broad SMARTS) is 1. The fraction of sp³-hybridized carbons (Fsp3) is 0.308. The van der Waals surface area contributed by atoms with Crippen molar-refractivity contribution in [3.05, 3.63) is 70.2 Å². The predicted octanol–water partition coefficient (Wildman–Crippen LogP) is 4.75. The second kappa shape index (κ2) is 8.81. The Labute approximate surface area is 206 Å². The van der Waals surface area contributed by atoms with E-state index in [4.69, 9.17) is 4.74 Å². The number of thiazole rings is 1. The van der Waals surface area contributed by atoms with E-state index in [1.54, 1.807) is 6.92 Å². The number of aryl methyl sites for hydroxylation is 1. The number of ether oxygens (including phenoxy) is 1. The van der Waals surface area contributed by atoms with Gasteiger partial charge in [-0.3, -0.25) is 14.9 Å². The summed E-state index contributed by atoms with van der Waals surface area (Å²) in [6.45, 7) is 4.02. The number of hydrogen-bond donors (Lipinski definition) is 2. The van der Waals surface area contributed by atoms with E-state index >= 15 is 0 Å². The van der Waals surface area contributed by atoms with Crippen molar-refractivity contribution >= 4 is 34.4 Å². The molecule has 1 saturated heterocycles. The van der Waals surface area contributed by atoms with Gasteiger partial charge in [-0.05, 0) is 35.6 Å². The standard InChI is InChI=1S/C26H25N3O5S/c1-3-26(23(31)32)13-29(14-26)22(30)21-15(2)27-24(35-21)28-25(33)34-12-20-18-10-6-4-8-16(18)17-9-5-7-11-19(17)20/h4-11,20H,3,12-14H2,1-2H3,(H,31,32)(H,27,28,33). The molecule has 2 aromatic carbocycles. The number of benzene rings is 2. The van der Waals surface area contributed by atoms with Gasteiger partial charge in [-0.1, -0.05) is 66.8 Å². The maximum absolute atomic E-state index is 12.9. The average molecular weight is 492 g/mol. The number of carboxylic acids is 1. The third-order valence-corrected chi connectivity index (χ3v) is 8.01. The van der Waals surface area contributed by atoms with Gasteiger partial charge >= 0.3 is 12.1 Å². The lowest BCUT2D eigenvalue weighted by atomic mass is 9.77. The van der Waals surface area contributed by atoms with Crippen LogP contribution >= 0.6 is 11.3 Å². The molecule has 8 nitrogen and oxygen atoms in total. The Morgan fingerprint density at radius 2 is 1.71 bits per heavy atom. The minimum Gasteiger partial charge on any atom is -0.481 e. The average Bonchev–Trinajstić information content (AvgIpc) is 3.34. The molecule has 35 heavy (non-hydrogen) atoms. The van der Waals surface area contributed by atoms with Gasteiger partial charge in [0.15, 0.2) is 5.13 Å². The van der Waals surface area contributed by atoms with Crippen LogP contribution in [-0.4, -0.2) is 52.7 Å². The van der Waals surface area contributed by atoms with Crippen molar-refractivity contribution < 1.29 is 24.2 Å². The van der Waals surface area contributed by atoms with Crippen molar-refractivity contribution in [3.63, 3.8) is 0 Å². The molecule has 1 aromatic heterocycles. The lowest BCUT2D eigenvalue weighted by molar-refractivity contribution is -0.158. The molecule has 0 saturated carbocycles. The molecular formula is C26H25N3O5S. The maximum atomic E-state index is 12.9. The molecule has 1 fully saturated rings. The van der Waals surface area contributed by atoms with Crippen LogP contribution in [-0.2, 0) is 9.53 Å². The Morgan fingerprint density at radius 3 is 2.29 bits per heavy atom. The Hall–Kier alpha value is -3.72. The first kappa shape index (κ1) is 23.0. The number of aromatic nitrogens is 1. The minimum atomic E-state index is -0.886. The molecule has 0 spiro atoms. The Kier molecular flexibility index (Phi) is 5.80. The van der Waals surface area contributed by atoms with Crippen molar-refractivity contribution in [2.24, 2.45) is 5.41 Å². The number of hydrogen-bond acceptors (Lipinski definition) is 6. The summed E-state index contributed by atoms with van der Waals surface area (Å²) in [6, 6.07) is 16.2. The van der Waals surface area contributed by atoms with E-state index in [0.29, 0.717) is 17.0 Å². The highest BCUT2D eigenvalue weighted by atomic mass is 32.1. The van der Waals surface area contributed by atoms with E-state index in [2.05, 4.69) is 34.6 Å². The highest BCUT2D eigenvalue weighted by Crippen LogP contribution is 2.44. The number of nitrogens with one attached hydrogen (secondary N) is 1. The number of fused-ring (bicyclic) bond motifs is 3. The highest BCUT2D eigenvalue weighted by molar-refractivity contribution is 7.17. The van der Waals surface area contributed by atoms with Crippen molar-refractivity contribution in [2.75, 3.05) is 25.0 Å². The van der Waals surface area contributed by atoms with Gasteiger partial charge in [-0.2, -0.15) is 0 Å². The number of rotatable bonds is 6. The number of carbonyl (C=O) groups is 3. The zero-order chi connectivity index (χ0) is 24.7. The first-order valence-corrected chi connectivity index (χ1v) is 12.3. The van der Waals surface area contributed by atoms with Crippen LogP contribution in [0.25, 0.3) is 11.1 Å². The van der Waals surface area contributed by atoms with Crippen molar-refractivity contribution in [3.8, 4) is 11.1 Å². The van der Waals surface area contributed by atoms with Crippen LogP contribution in [0.1, 0.15) is 45.8 Å². The summed E-state index contributed by atoms with van der Waals surface area (Å²) in [5.41, 5.74) is 4.15. The number of likely N-dealkylation sites (tertiary alicyclic amines) is 1. The van der Waals surface area contributed by atoms with E-state index in [9.17, 15) is 19.5 Å². The number of aliphatic carboxylic acids is 1. The highest BCUT2D eigenvalue weighted by Gasteiger charge is 2.50. The summed E-state index contributed by atoms with van der Waals surface area (Å²) in [4.78, 5) is 43.1. The molecule has 2 N–H and O–H groups in total. The van der Waals surface area contributed by atoms with Crippen LogP contribution in [0.2, 0.25) is 0 Å². The normalized spacial score (nSPS) is 15.7. The van der Waals surface area contributed by atoms with Gasteiger partial charge in [-0.25, -0.2) is 9.78 Å². The molecule has 0 radical (unpaired) electrons. The number of nitrogens with zero attached hydrogens (tertiary/aromatic N) is 2. The topological polar surface area (TPSA) is 109 Å². The van der Waals surface area contributed by atoms with E-state index in [1.807, 2.05) is 31.2 Å². The molecule has 2 amide bonds. The smallest absolute Gasteiger partial charge is 0.413 e. The molecule has 5 rings (SSSR count). The van der Waals surface area contributed by atoms with Crippen molar-refractivity contribution in [1.29, 1.82) is 0 Å². The molecule has 1 aliphatic carbocycles. The van der Waals surface area contributed by atoms with Gasteiger partial charge in [-0.15, -0.1) is 0 Å². The second-order valence-electron chi connectivity index (χ2n) is 8.98. The molecule has 180 valence electrons. The molecule has 9 heteroatoms.